The average Bonchev–Trinajstić information content (AvgIpc) is 2.84. The van der Waals surface area contributed by atoms with Crippen LogP contribution < -0.4 is 0 Å². The van der Waals surface area contributed by atoms with E-state index in [-0.39, 0.29) is 23.0 Å². The van der Waals surface area contributed by atoms with Gasteiger partial charge in [0.15, 0.2) is 0 Å². The molecule has 24 heavy (non-hydrogen) atoms. The van der Waals surface area contributed by atoms with E-state index in [9.17, 15) is 10.2 Å². The van der Waals surface area contributed by atoms with Crippen LogP contribution in [0.5, 0.6) is 0 Å². The zero-order valence-electron chi connectivity index (χ0n) is 15.7. The predicted octanol–water partition coefficient (Wildman–Crippen LogP) is 3.62. The van der Waals surface area contributed by atoms with Crippen molar-refractivity contribution in [2.75, 3.05) is 13.7 Å². The van der Waals surface area contributed by atoms with E-state index in [1.807, 2.05) is 7.11 Å². The molecule has 4 aliphatic carbocycles. The van der Waals surface area contributed by atoms with Crippen LogP contribution in [0.2, 0.25) is 0 Å². The van der Waals surface area contributed by atoms with Gasteiger partial charge >= 0.3 is 0 Å². The molecule has 0 aromatic rings. The van der Waals surface area contributed by atoms with Crippen LogP contribution in [0.4, 0.5) is 0 Å². The fourth-order valence-corrected chi connectivity index (χ4v) is 8.07. The summed E-state index contributed by atoms with van der Waals surface area (Å²) in [5.74, 6) is 3.33. The average molecular weight is 337 g/mol. The molecule has 0 aromatic heterocycles. The topological polar surface area (TPSA) is 49.7 Å². The molecule has 2 N–H and O–H groups in total. The van der Waals surface area contributed by atoms with Gasteiger partial charge in [-0.15, -0.1) is 0 Å². The predicted molar refractivity (Wildman–Crippen MR) is 94.5 cm³/mol. The summed E-state index contributed by atoms with van der Waals surface area (Å²) in [6, 6.07) is 0. The Morgan fingerprint density at radius 3 is 2.54 bits per heavy atom. The van der Waals surface area contributed by atoms with Crippen molar-refractivity contribution in [3.8, 4) is 0 Å². The number of aliphatic hydroxyl groups is 2. The summed E-state index contributed by atoms with van der Waals surface area (Å²) in [4.78, 5) is 0. The Labute approximate surface area is 147 Å². The first-order valence-electron chi connectivity index (χ1n) is 10.3. The van der Waals surface area contributed by atoms with Gasteiger partial charge < -0.3 is 14.9 Å². The second-order valence-electron chi connectivity index (χ2n) is 9.86. The number of aliphatic hydroxyl groups excluding tert-OH is 2. The Morgan fingerprint density at radius 2 is 1.79 bits per heavy atom. The van der Waals surface area contributed by atoms with Crippen LogP contribution in [0, 0.1) is 40.4 Å². The molecule has 9 atom stereocenters. The van der Waals surface area contributed by atoms with E-state index in [1.54, 1.807) is 0 Å². The lowest BCUT2D eigenvalue weighted by Gasteiger charge is -2.63. The lowest BCUT2D eigenvalue weighted by atomic mass is 9.42. The van der Waals surface area contributed by atoms with E-state index >= 15 is 0 Å². The third-order valence-electron chi connectivity index (χ3n) is 9.18. The quantitative estimate of drug-likeness (QED) is 0.810. The van der Waals surface area contributed by atoms with Crippen LogP contribution >= 0.6 is 0 Å². The smallest absolute Gasteiger partial charge is 0.0596 e. The number of rotatable bonds is 2. The first-order valence-corrected chi connectivity index (χ1v) is 10.3. The third kappa shape index (κ3) is 2.20. The van der Waals surface area contributed by atoms with E-state index in [0.717, 1.165) is 37.7 Å². The highest BCUT2D eigenvalue weighted by Crippen LogP contribution is 2.67. The highest BCUT2D eigenvalue weighted by atomic mass is 16.5. The summed E-state index contributed by atoms with van der Waals surface area (Å²) in [5, 5.41) is 21.0. The Hall–Kier alpha value is -0.120. The van der Waals surface area contributed by atoms with E-state index < -0.39 is 0 Å². The minimum Gasteiger partial charge on any atom is -0.393 e. The molecule has 4 aliphatic rings. The molecular formula is C21H36O3. The molecule has 0 aliphatic heterocycles. The second kappa shape index (κ2) is 5.96. The molecule has 0 aromatic carbocycles. The first kappa shape index (κ1) is 17.3. The van der Waals surface area contributed by atoms with Crippen LogP contribution in [-0.2, 0) is 4.74 Å². The minimum atomic E-state index is -0.117. The molecule has 138 valence electrons. The molecule has 0 radical (unpaired) electrons. The van der Waals surface area contributed by atoms with Crippen molar-refractivity contribution in [2.45, 2.75) is 77.4 Å². The lowest BCUT2D eigenvalue weighted by Crippen LogP contribution is -2.60. The number of ether oxygens (including phenoxy) is 1. The monoisotopic (exact) mass is 336 g/mol. The number of hydrogen-bond donors (Lipinski definition) is 2. The summed E-state index contributed by atoms with van der Waals surface area (Å²) >= 11 is 0. The summed E-state index contributed by atoms with van der Waals surface area (Å²) in [6.07, 6.45) is 8.88. The zero-order valence-corrected chi connectivity index (χ0v) is 15.7. The van der Waals surface area contributed by atoms with Gasteiger partial charge in [0, 0.05) is 12.5 Å². The van der Waals surface area contributed by atoms with Crippen molar-refractivity contribution in [2.24, 2.45) is 40.4 Å². The maximum atomic E-state index is 10.6. The summed E-state index contributed by atoms with van der Waals surface area (Å²) in [5.41, 5.74) is 0.408. The summed E-state index contributed by atoms with van der Waals surface area (Å²) in [6.45, 7) is 5.58. The largest absolute Gasteiger partial charge is 0.393 e. The Kier molecular flexibility index (Phi) is 4.29. The van der Waals surface area contributed by atoms with Crippen LogP contribution in [0.3, 0.4) is 0 Å². The van der Waals surface area contributed by atoms with Crippen molar-refractivity contribution in [1.29, 1.82) is 0 Å². The molecule has 0 amide bonds. The lowest BCUT2D eigenvalue weighted by molar-refractivity contribution is -0.186. The number of methoxy groups -OCH3 is 1. The van der Waals surface area contributed by atoms with E-state index in [4.69, 9.17) is 4.74 Å². The fourth-order valence-electron chi connectivity index (χ4n) is 8.07. The molecule has 0 saturated heterocycles. The van der Waals surface area contributed by atoms with Gasteiger partial charge in [-0.25, -0.2) is 0 Å². The molecule has 0 heterocycles. The second-order valence-corrected chi connectivity index (χ2v) is 9.86. The number of fused-ring (bicyclic) bond motifs is 5. The van der Waals surface area contributed by atoms with Crippen molar-refractivity contribution in [3.05, 3.63) is 0 Å². The molecule has 4 fully saturated rings. The standard InChI is InChI=1S/C21H36O3/c1-13-10-15(22)11-14-4-5-16-17-6-7-19(23)20(17,2)9-8-18(16)21(13,14)12-24-3/h13-19,22-23H,4-12H2,1-3H3/t13?,14?,15?,16-,17-,18+,19?,20-,21-/m0/s1. The molecule has 4 rings (SSSR count). The minimum absolute atomic E-state index is 0.0925. The first-order chi connectivity index (χ1) is 11.4. The van der Waals surface area contributed by atoms with Gasteiger partial charge in [0.05, 0.1) is 18.8 Å². The SMILES string of the molecule is COC[C@]12C(C)CC(O)CC1CC[C@@H]1[C@H]2CC[C@]2(C)C(O)CC[C@@H]12. The van der Waals surface area contributed by atoms with Gasteiger partial charge in [0.2, 0.25) is 0 Å². The van der Waals surface area contributed by atoms with Gasteiger partial charge in [-0.1, -0.05) is 13.8 Å². The van der Waals surface area contributed by atoms with E-state index in [1.165, 1.54) is 32.1 Å². The highest BCUT2D eigenvalue weighted by molar-refractivity contribution is 5.11. The van der Waals surface area contributed by atoms with Crippen molar-refractivity contribution < 1.29 is 14.9 Å². The number of hydrogen-bond acceptors (Lipinski definition) is 3. The van der Waals surface area contributed by atoms with Gasteiger partial charge in [-0.2, -0.15) is 0 Å². The highest BCUT2D eigenvalue weighted by Gasteiger charge is 2.63. The normalized spacial score (nSPS) is 57.1. The van der Waals surface area contributed by atoms with Crippen molar-refractivity contribution in [1.82, 2.24) is 0 Å². The van der Waals surface area contributed by atoms with Gasteiger partial charge in [0.1, 0.15) is 0 Å². The molecule has 4 unspecified atom stereocenters. The van der Waals surface area contributed by atoms with E-state index in [2.05, 4.69) is 13.8 Å². The maximum absolute atomic E-state index is 10.6. The molecule has 3 heteroatoms. The molecule has 4 saturated carbocycles. The van der Waals surface area contributed by atoms with Crippen LogP contribution in [0.25, 0.3) is 0 Å². The van der Waals surface area contributed by atoms with Gasteiger partial charge in [0.25, 0.3) is 0 Å². The molecule has 0 bridgehead atoms. The van der Waals surface area contributed by atoms with Crippen molar-refractivity contribution >= 4 is 0 Å². The molecule has 0 spiro atoms. The van der Waals surface area contributed by atoms with Crippen LogP contribution in [-0.4, -0.2) is 36.1 Å². The third-order valence-corrected chi connectivity index (χ3v) is 9.18. The Bertz CT molecular complexity index is 480. The van der Waals surface area contributed by atoms with Crippen molar-refractivity contribution in [3.63, 3.8) is 0 Å². The zero-order chi connectivity index (χ0) is 17.1. The van der Waals surface area contributed by atoms with E-state index in [0.29, 0.717) is 17.8 Å². The van der Waals surface area contributed by atoms with Gasteiger partial charge in [-0.3, -0.25) is 0 Å². The molecular weight excluding hydrogens is 300 g/mol. The molecule has 3 nitrogen and oxygen atoms in total. The summed E-state index contributed by atoms with van der Waals surface area (Å²) < 4.78 is 5.82. The van der Waals surface area contributed by atoms with Crippen LogP contribution in [0.15, 0.2) is 0 Å². The fraction of sp³-hybridized carbons (Fsp3) is 1.00. The van der Waals surface area contributed by atoms with Gasteiger partial charge in [-0.05, 0) is 86.4 Å². The van der Waals surface area contributed by atoms with Crippen LogP contribution in [0.1, 0.15) is 65.2 Å². The Balaban J connectivity index is 1.69. The maximum Gasteiger partial charge on any atom is 0.0596 e. The summed E-state index contributed by atoms with van der Waals surface area (Å²) in [7, 11) is 1.86. The Morgan fingerprint density at radius 1 is 1.00 bits per heavy atom.